The van der Waals surface area contributed by atoms with E-state index in [0.29, 0.717) is 5.75 Å². The molecule has 2 aromatic rings. The maximum absolute atomic E-state index is 11.6. The van der Waals surface area contributed by atoms with Crippen LogP contribution in [0.2, 0.25) is 0 Å². The first-order valence-corrected chi connectivity index (χ1v) is 5.72. The molecule has 5 nitrogen and oxygen atoms in total. The second kappa shape index (κ2) is 5.86. The van der Waals surface area contributed by atoms with Crippen LogP contribution >= 0.6 is 0 Å². The van der Waals surface area contributed by atoms with Crippen LogP contribution < -0.4 is 10.1 Å². The fraction of sp³-hybridized carbons (Fsp3) is 0.231. The molecule has 1 atom stereocenters. The van der Waals surface area contributed by atoms with E-state index in [1.165, 1.54) is 0 Å². The Bertz CT molecular complexity index is 482. The van der Waals surface area contributed by atoms with Crippen LogP contribution in [0.5, 0.6) is 5.75 Å². The minimum atomic E-state index is -0.178. The van der Waals surface area contributed by atoms with Gasteiger partial charge in [0.05, 0.1) is 6.04 Å². The lowest BCUT2D eigenvalue weighted by Gasteiger charge is -2.12. The third-order valence-corrected chi connectivity index (χ3v) is 2.42. The smallest absolute Gasteiger partial charge is 0.258 e. The highest BCUT2D eigenvalue weighted by molar-refractivity contribution is 5.77. The first-order chi connectivity index (χ1) is 8.75. The predicted molar refractivity (Wildman–Crippen MR) is 67.1 cm³/mol. The van der Waals surface area contributed by atoms with E-state index in [-0.39, 0.29) is 18.6 Å². The van der Waals surface area contributed by atoms with Crippen LogP contribution in [0.15, 0.2) is 42.7 Å². The molecule has 0 aliphatic carbocycles. The number of aromatic amines is 1. The molecule has 1 aromatic carbocycles. The summed E-state index contributed by atoms with van der Waals surface area (Å²) in [6.07, 6.45) is 3.37. The summed E-state index contributed by atoms with van der Waals surface area (Å²) in [7, 11) is 0. The maximum atomic E-state index is 11.6. The second-order valence-electron chi connectivity index (χ2n) is 3.87. The number of nitrogens with one attached hydrogen (secondary N) is 2. The highest BCUT2D eigenvalue weighted by Gasteiger charge is 2.11. The monoisotopic (exact) mass is 245 g/mol. The number of amides is 1. The van der Waals surface area contributed by atoms with Crippen LogP contribution in [-0.4, -0.2) is 22.5 Å². The number of benzene rings is 1. The molecule has 1 aromatic heterocycles. The van der Waals surface area contributed by atoms with Crippen molar-refractivity contribution in [2.24, 2.45) is 0 Å². The molecule has 94 valence electrons. The van der Waals surface area contributed by atoms with Gasteiger partial charge < -0.3 is 15.0 Å². The Morgan fingerprint density at radius 3 is 2.89 bits per heavy atom. The summed E-state index contributed by atoms with van der Waals surface area (Å²) >= 11 is 0. The summed E-state index contributed by atoms with van der Waals surface area (Å²) in [5, 5.41) is 2.79. The largest absolute Gasteiger partial charge is 0.484 e. The number of nitrogens with zero attached hydrogens (tertiary/aromatic N) is 1. The summed E-state index contributed by atoms with van der Waals surface area (Å²) in [6, 6.07) is 9.07. The lowest BCUT2D eigenvalue weighted by molar-refractivity contribution is -0.123. The van der Waals surface area contributed by atoms with Crippen LogP contribution in [0.4, 0.5) is 0 Å². The highest BCUT2D eigenvalue weighted by Crippen LogP contribution is 2.08. The molecule has 0 radical (unpaired) electrons. The number of rotatable bonds is 5. The number of carbonyl (C=O) groups is 1. The number of imidazole rings is 1. The van der Waals surface area contributed by atoms with Crippen molar-refractivity contribution in [2.75, 3.05) is 6.61 Å². The molecule has 1 heterocycles. The van der Waals surface area contributed by atoms with Crippen molar-refractivity contribution in [2.45, 2.75) is 13.0 Å². The minimum Gasteiger partial charge on any atom is -0.484 e. The quantitative estimate of drug-likeness (QED) is 0.842. The van der Waals surface area contributed by atoms with Crippen molar-refractivity contribution in [1.82, 2.24) is 15.3 Å². The van der Waals surface area contributed by atoms with Crippen molar-refractivity contribution in [1.29, 1.82) is 0 Å². The zero-order chi connectivity index (χ0) is 12.8. The number of hydrogen-bond donors (Lipinski definition) is 2. The SMILES string of the molecule is CC(NC(=O)COc1ccccc1)c1ncc[nH]1. The van der Waals surface area contributed by atoms with E-state index in [9.17, 15) is 4.79 Å². The van der Waals surface area contributed by atoms with E-state index < -0.39 is 0 Å². The number of hydrogen-bond acceptors (Lipinski definition) is 3. The fourth-order valence-corrected chi connectivity index (χ4v) is 1.53. The number of aromatic nitrogens is 2. The topological polar surface area (TPSA) is 67.0 Å². The van der Waals surface area contributed by atoms with Crippen LogP contribution in [0.25, 0.3) is 0 Å². The summed E-state index contributed by atoms with van der Waals surface area (Å²) in [6.45, 7) is 1.86. The molecule has 5 heteroatoms. The van der Waals surface area contributed by atoms with Crippen LogP contribution in [0, 0.1) is 0 Å². The average Bonchev–Trinajstić information content (AvgIpc) is 2.91. The van der Waals surface area contributed by atoms with Gasteiger partial charge in [-0.2, -0.15) is 0 Å². The van der Waals surface area contributed by atoms with Gasteiger partial charge in [-0.25, -0.2) is 4.98 Å². The summed E-state index contributed by atoms with van der Waals surface area (Å²) in [5.41, 5.74) is 0. The molecule has 0 fully saturated rings. The minimum absolute atomic E-state index is 0.00490. The molecule has 0 saturated heterocycles. The van der Waals surface area contributed by atoms with Gasteiger partial charge in [0.25, 0.3) is 5.91 Å². The first-order valence-electron chi connectivity index (χ1n) is 5.72. The van der Waals surface area contributed by atoms with Crippen LogP contribution in [-0.2, 0) is 4.79 Å². The van der Waals surface area contributed by atoms with Crippen molar-refractivity contribution in [3.05, 3.63) is 48.5 Å². The molecular formula is C13H15N3O2. The van der Waals surface area contributed by atoms with Crippen LogP contribution in [0.3, 0.4) is 0 Å². The van der Waals surface area contributed by atoms with E-state index in [1.54, 1.807) is 12.4 Å². The van der Waals surface area contributed by atoms with Gasteiger partial charge in [-0.05, 0) is 19.1 Å². The number of para-hydroxylation sites is 1. The Morgan fingerprint density at radius 1 is 1.44 bits per heavy atom. The molecule has 2 rings (SSSR count). The van der Waals surface area contributed by atoms with Gasteiger partial charge in [0, 0.05) is 12.4 Å². The Morgan fingerprint density at radius 2 is 2.22 bits per heavy atom. The van der Waals surface area contributed by atoms with Crippen molar-refractivity contribution in [3.8, 4) is 5.75 Å². The fourth-order valence-electron chi connectivity index (χ4n) is 1.53. The number of H-pyrrole nitrogens is 1. The summed E-state index contributed by atoms with van der Waals surface area (Å²) in [5.74, 6) is 1.23. The lowest BCUT2D eigenvalue weighted by atomic mass is 10.3. The summed E-state index contributed by atoms with van der Waals surface area (Å²) in [4.78, 5) is 18.7. The molecule has 0 bridgehead atoms. The third kappa shape index (κ3) is 3.35. The molecule has 0 saturated carbocycles. The van der Waals surface area contributed by atoms with E-state index in [0.717, 1.165) is 5.82 Å². The Kier molecular flexibility index (Phi) is 3.96. The number of carbonyl (C=O) groups excluding carboxylic acids is 1. The zero-order valence-corrected chi connectivity index (χ0v) is 10.1. The third-order valence-electron chi connectivity index (χ3n) is 2.42. The van der Waals surface area contributed by atoms with E-state index in [4.69, 9.17) is 4.74 Å². The average molecular weight is 245 g/mol. The number of ether oxygens (including phenoxy) is 1. The molecule has 0 aliphatic rings. The second-order valence-corrected chi connectivity index (χ2v) is 3.87. The summed E-state index contributed by atoms with van der Waals surface area (Å²) < 4.78 is 5.34. The molecular weight excluding hydrogens is 230 g/mol. The molecule has 0 spiro atoms. The zero-order valence-electron chi connectivity index (χ0n) is 10.1. The van der Waals surface area contributed by atoms with Crippen molar-refractivity contribution in [3.63, 3.8) is 0 Å². The van der Waals surface area contributed by atoms with Gasteiger partial charge in [0.1, 0.15) is 11.6 Å². The van der Waals surface area contributed by atoms with Gasteiger partial charge in [-0.15, -0.1) is 0 Å². The van der Waals surface area contributed by atoms with Gasteiger partial charge in [0.15, 0.2) is 6.61 Å². The molecule has 1 amide bonds. The van der Waals surface area contributed by atoms with E-state index >= 15 is 0 Å². The Labute approximate surface area is 105 Å². The molecule has 0 aliphatic heterocycles. The highest BCUT2D eigenvalue weighted by atomic mass is 16.5. The predicted octanol–water partition coefficient (Wildman–Crippen LogP) is 1.67. The van der Waals surface area contributed by atoms with Crippen molar-refractivity contribution < 1.29 is 9.53 Å². The molecule has 1 unspecified atom stereocenters. The van der Waals surface area contributed by atoms with E-state index in [1.807, 2.05) is 37.3 Å². The Hall–Kier alpha value is -2.30. The standard InChI is InChI=1S/C13H15N3O2/c1-10(13-14-7-8-15-13)16-12(17)9-18-11-5-3-2-4-6-11/h2-8,10H,9H2,1H3,(H,14,15)(H,16,17). The first kappa shape index (κ1) is 12.2. The maximum Gasteiger partial charge on any atom is 0.258 e. The lowest BCUT2D eigenvalue weighted by Crippen LogP contribution is -2.31. The van der Waals surface area contributed by atoms with Gasteiger partial charge in [-0.3, -0.25) is 4.79 Å². The van der Waals surface area contributed by atoms with Crippen molar-refractivity contribution >= 4 is 5.91 Å². The van der Waals surface area contributed by atoms with Crippen LogP contribution in [0.1, 0.15) is 18.8 Å². The van der Waals surface area contributed by atoms with Gasteiger partial charge >= 0.3 is 0 Å². The molecule has 18 heavy (non-hydrogen) atoms. The molecule has 2 N–H and O–H groups in total. The Balaban J connectivity index is 1.79. The van der Waals surface area contributed by atoms with E-state index in [2.05, 4.69) is 15.3 Å². The normalized spacial score (nSPS) is 11.8. The van der Waals surface area contributed by atoms with Gasteiger partial charge in [-0.1, -0.05) is 18.2 Å². The van der Waals surface area contributed by atoms with Gasteiger partial charge in [0.2, 0.25) is 0 Å².